The van der Waals surface area contributed by atoms with E-state index in [1.807, 2.05) is 6.07 Å². The van der Waals surface area contributed by atoms with Gasteiger partial charge in [0.25, 0.3) is 0 Å². The third-order valence-corrected chi connectivity index (χ3v) is 8.98. The van der Waals surface area contributed by atoms with Crippen LogP contribution in [0.5, 0.6) is 5.75 Å². The number of ether oxygens (including phenoxy) is 1. The molecule has 0 atom stereocenters. The lowest BCUT2D eigenvalue weighted by Gasteiger charge is -2.36. The monoisotopic (exact) mass is 629 g/mol. The third-order valence-electron chi connectivity index (χ3n) is 8.98. The minimum Gasteiger partial charge on any atom is -0.494 e. The number of anilines is 3. The molecule has 1 fully saturated rings. The van der Waals surface area contributed by atoms with Crippen molar-refractivity contribution in [3.8, 4) is 16.9 Å². The highest BCUT2D eigenvalue weighted by atomic mass is 19.1. The van der Waals surface area contributed by atoms with Crippen molar-refractivity contribution in [1.29, 1.82) is 0 Å². The zero-order chi connectivity index (χ0) is 32.0. The maximum Gasteiger partial charge on any atom is 0.142 e. The van der Waals surface area contributed by atoms with Crippen LogP contribution in [-0.2, 0) is 13.1 Å². The van der Waals surface area contributed by atoms with Crippen LogP contribution < -0.4 is 19.4 Å². The fourth-order valence-electron chi connectivity index (χ4n) is 6.49. The van der Waals surface area contributed by atoms with Gasteiger partial charge in [-0.15, -0.1) is 0 Å². The Hall–Kier alpha value is -4.88. The van der Waals surface area contributed by atoms with E-state index in [0.29, 0.717) is 18.9 Å². The van der Waals surface area contributed by atoms with Crippen molar-refractivity contribution in [2.24, 2.45) is 0 Å². The standard InChI is InChI=1S/C40H39F2N4O/c41-34-13-18-37(19-14-34)47-26-6-21-45-30-46(40-27-35(42)15-20-39(40)45)28-31-11-16-36(17-12-31)44-24-22-43(23-25-44)29-33-9-4-5-10-38(33)32-7-2-1-3-8-32/h1-5,7-20,27,30H,6,21-26,28-29H2. The van der Waals surface area contributed by atoms with Gasteiger partial charge in [-0.25, -0.2) is 8.78 Å². The summed E-state index contributed by atoms with van der Waals surface area (Å²) in [6.45, 7) is 8.88. The van der Waals surface area contributed by atoms with Gasteiger partial charge in [0.1, 0.15) is 24.1 Å². The normalized spacial score (nSPS) is 14.8. The van der Waals surface area contributed by atoms with Gasteiger partial charge in [0.2, 0.25) is 0 Å². The van der Waals surface area contributed by atoms with Crippen molar-refractivity contribution < 1.29 is 13.5 Å². The quantitative estimate of drug-likeness (QED) is 0.137. The predicted molar refractivity (Wildman–Crippen MR) is 187 cm³/mol. The number of hydrogen-bond acceptors (Lipinski definition) is 5. The Labute approximate surface area is 276 Å². The van der Waals surface area contributed by atoms with Gasteiger partial charge in [-0.1, -0.05) is 66.7 Å². The van der Waals surface area contributed by atoms with Gasteiger partial charge < -0.3 is 19.4 Å². The predicted octanol–water partition coefficient (Wildman–Crippen LogP) is 8.37. The van der Waals surface area contributed by atoms with E-state index in [2.05, 4.69) is 105 Å². The zero-order valence-electron chi connectivity index (χ0n) is 26.4. The Morgan fingerprint density at radius 2 is 1.34 bits per heavy atom. The fourth-order valence-corrected chi connectivity index (χ4v) is 6.49. The first kappa shape index (κ1) is 30.8. The number of fused-ring (bicyclic) bond motifs is 1. The molecule has 1 saturated heterocycles. The summed E-state index contributed by atoms with van der Waals surface area (Å²) in [7, 11) is 0. The van der Waals surface area contributed by atoms with Crippen molar-refractivity contribution in [1.82, 2.24) is 4.90 Å². The van der Waals surface area contributed by atoms with Crippen LogP contribution in [0.4, 0.5) is 25.8 Å². The van der Waals surface area contributed by atoms with E-state index in [-0.39, 0.29) is 11.6 Å². The molecule has 1 radical (unpaired) electrons. The van der Waals surface area contributed by atoms with Crippen LogP contribution in [0.15, 0.2) is 121 Å². The molecular formula is C40H39F2N4O. The molecule has 5 nitrogen and oxygen atoms in total. The molecule has 0 N–H and O–H groups in total. The van der Waals surface area contributed by atoms with Gasteiger partial charge in [0.05, 0.1) is 18.0 Å². The zero-order valence-corrected chi connectivity index (χ0v) is 26.4. The highest BCUT2D eigenvalue weighted by molar-refractivity contribution is 5.78. The van der Waals surface area contributed by atoms with Crippen molar-refractivity contribution in [3.05, 3.63) is 151 Å². The largest absolute Gasteiger partial charge is 0.494 e. The molecule has 239 valence electrons. The van der Waals surface area contributed by atoms with Crippen molar-refractivity contribution in [2.75, 3.05) is 54.0 Å². The van der Waals surface area contributed by atoms with Crippen LogP contribution in [0.1, 0.15) is 17.5 Å². The summed E-state index contributed by atoms with van der Waals surface area (Å²) < 4.78 is 33.3. The maximum atomic E-state index is 14.3. The number of piperazine rings is 1. The van der Waals surface area contributed by atoms with Gasteiger partial charge in [0, 0.05) is 51.5 Å². The lowest BCUT2D eigenvalue weighted by atomic mass is 9.99. The third kappa shape index (κ3) is 7.42. The molecular weight excluding hydrogens is 590 g/mol. The second-order valence-electron chi connectivity index (χ2n) is 12.2. The molecule has 47 heavy (non-hydrogen) atoms. The first-order chi connectivity index (χ1) is 23.1. The molecule has 0 amide bonds. The molecule has 2 aliphatic heterocycles. The van der Waals surface area contributed by atoms with E-state index < -0.39 is 0 Å². The molecule has 2 heterocycles. The molecule has 0 unspecified atom stereocenters. The summed E-state index contributed by atoms with van der Waals surface area (Å²) >= 11 is 0. The second-order valence-corrected chi connectivity index (χ2v) is 12.2. The minimum absolute atomic E-state index is 0.248. The first-order valence-electron chi connectivity index (χ1n) is 16.3. The Balaban J connectivity index is 0.926. The molecule has 0 saturated carbocycles. The smallest absolute Gasteiger partial charge is 0.142 e. The summed E-state index contributed by atoms with van der Waals surface area (Å²) in [4.78, 5) is 9.27. The van der Waals surface area contributed by atoms with E-state index >= 15 is 0 Å². The molecule has 0 aromatic heterocycles. The van der Waals surface area contributed by atoms with Crippen LogP contribution in [0, 0.1) is 18.3 Å². The summed E-state index contributed by atoms with van der Waals surface area (Å²) in [5, 5.41) is 0. The number of nitrogens with zero attached hydrogens (tertiary/aromatic N) is 4. The number of halogens is 2. The average molecular weight is 630 g/mol. The molecule has 2 aliphatic rings. The summed E-state index contributed by atoms with van der Waals surface area (Å²) in [6.07, 6.45) is 0.764. The van der Waals surface area contributed by atoms with Gasteiger partial charge in [-0.2, -0.15) is 0 Å². The molecule has 5 aromatic rings. The highest BCUT2D eigenvalue weighted by Gasteiger charge is 2.27. The topological polar surface area (TPSA) is 22.2 Å². The van der Waals surface area contributed by atoms with Crippen LogP contribution >= 0.6 is 0 Å². The molecule has 7 rings (SSSR count). The Morgan fingerprint density at radius 3 is 2.13 bits per heavy atom. The number of benzene rings is 5. The van der Waals surface area contributed by atoms with E-state index in [1.165, 1.54) is 40.6 Å². The number of rotatable bonds is 11. The number of hydrogen-bond donors (Lipinski definition) is 0. The SMILES string of the molecule is Fc1ccc(OCCCN2[CH]N(Cc3ccc(N4CCN(Cc5ccccc5-c5ccccc5)CC4)cc3)c3cc(F)ccc32)cc1. The maximum absolute atomic E-state index is 14.3. The summed E-state index contributed by atoms with van der Waals surface area (Å²) in [5.74, 6) is 0.121. The van der Waals surface area contributed by atoms with Crippen molar-refractivity contribution in [3.63, 3.8) is 0 Å². The van der Waals surface area contributed by atoms with Crippen molar-refractivity contribution in [2.45, 2.75) is 19.5 Å². The first-order valence-corrected chi connectivity index (χ1v) is 16.3. The molecule has 7 heteroatoms. The molecule has 0 aliphatic carbocycles. The van der Waals surface area contributed by atoms with Gasteiger partial charge in [-0.3, -0.25) is 4.90 Å². The highest BCUT2D eigenvalue weighted by Crippen LogP contribution is 2.39. The summed E-state index contributed by atoms with van der Waals surface area (Å²) in [6, 6.07) is 39.2. The van der Waals surface area contributed by atoms with E-state index in [4.69, 9.17) is 4.74 Å². The van der Waals surface area contributed by atoms with E-state index in [9.17, 15) is 8.78 Å². The lowest BCUT2D eigenvalue weighted by molar-refractivity contribution is 0.250. The second kappa shape index (κ2) is 14.3. The van der Waals surface area contributed by atoms with Crippen molar-refractivity contribution >= 4 is 17.1 Å². The van der Waals surface area contributed by atoms with Crippen LogP contribution in [0.3, 0.4) is 0 Å². The van der Waals surface area contributed by atoms with E-state index in [1.54, 1.807) is 18.2 Å². The minimum atomic E-state index is -0.280. The average Bonchev–Trinajstić information content (AvgIpc) is 3.44. The van der Waals surface area contributed by atoms with Crippen LogP contribution in [0.25, 0.3) is 11.1 Å². The van der Waals surface area contributed by atoms with Gasteiger partial charge in [-0.05, 0) is 83.3 Å². The summed E-state index contributed by atoms with van der Waals surface area (Å²) in [5.41, 5.74) is 8.19. The van der Waals surface area contributed by atoms with Crippen LogP contribution in [-0.4, -0.2) is 44.2 Å². The molecule has 0 spiro atoms. The lowest BCUT2D eigenvalue weighted by Crippen LogP contribution is -2.46. The molecule has 0 bridgehead atoms. The van der Waals surface area contributed by atoms with E-state index in [0.717, 1.165) is 62.6 Å². The van der Waals surface area contributed by atoms with Gasteiger partial charge >= 0.3 is 0 Å². The Kier molecular flexibility index (Phi) is 9.33. The fraction of sp³-hybridized carbons (Fsp3) is 0.225. The van der Waals surface area contributed by atoms with Gasteiger partial charge in [0.15, 0.2) is 0 Å². The Bertz CT molecular complexity index is 1760. The Morgan fingerprint density at radius 1 is 0.617 bits per heavy atom. The van der Waals surface area contributed by atoms with Crippen LogP contribution in [0.2, 0.25) is 0 Å². The molecule has 5 aromatic carbocycles.